The predicted molar refractivity (Wildman–Crippen MR) is 130 cm³/mol. The first-order valence-corrected chi connectivity index (χ1v) is 11.0. The van der Waals surface area contributed by atoms with Gasteiger partial charge in [-0.2, -0.15) is 5.26 Å². The molecule has 1 aliphatic rings. The minimum absolute atomic E-state index is 0.0261. The van der Waals surface area contributed by atoms with Crippen LogP contribution in [0.15, 0.2) is 66.2 Å². The van der Waals surface area contributed by atoms with Crippen molar-refractivity contribution in [1.82, 2.24) is 0 Å². The van der Waals surface area contributed by atoms with Crippen LogP contribution in [0.3, 0.4) is 0 Å². The first-order valence-electron chi connectivity index (χ1n) is 10.6. The molecular formula is C27H23ClN2O3. The third kappa shape index (κ3) is 4.87. The second-order valence-corrected chi connectivity index (χ2v) is 8.22. The molecule has 0 bridgehead atoms. The van der Waals surface area contributed by atoms with Crippen LogP contribution in [0.2, 0.25) is 5.02 Å². The Balaban J connectivity index is 1.58. The van der Waals surface area contributed by atoms with Gasteiger partial charge in [0.25, 0.3) is 5.91 Å². The molecular weight excluding hydrogens is 436 g/mol. The van der Waals surface area contributed by atoms with E-state index in [1.54, 1.807) is 17.0 Å². The van der Waals surface area contributed by atoms with Crippen LogP contribution < -0.4 is 14.4 Å². The summed E-state index contributed by atoms with van der Waals surface area (Å²) in [6.45, 7) is 2.91. The number of benzene rings is 3. The molecule has 0 saturated carbocycles. The predicted octanol–water partition coefficient (Wildman–Crippen LogP) is 5.73. The topological polar surface area (TPSA) is 62.6 Å². The van der Waals surface area contributed by atoms with Gasteiger partial charge in [-0.15, -0.1) is 0 Å². The van der Waals surface area contributed by atoms with Gasteiger partial charge in [-0.3, -0.25) is 4.79 Å². The van der Waals surface area contributed by atoms with E-state index in [0.717, 1.165) is 23.2 Å². The number of amides is 1. The van der Waals surface area contributed by atoms with Crippen molar-refractivity contribution in [3.05, 3.63) is 93.5 Å². The van der Waals surface area contributed by atoms with Crippen molar-refractivity contribution < 1.29 is 14.3 Å². The van der Waals surface area contributed by atoms with Crippen molar-refractivity contribution in [3.8, 4) is 17.6 Å². The molecule has 166 valence electrons. The lowest BCUT2D eigenvalue weighted by Gasteiger charge is -2.17. The van der Waals surface area contributed by atoms with E-state index in [0.29, 0.717) is 35.2 Å². The molecule has 33 heavy (non-hydrogen) atoms. The van der Waals surface area contributed by atoms with Gasteiger partial charge in [0, 0.05) is 12.2 Å². The van der Waals surface area contributed by atoms with E-state index >= 15 is 0 Å². The maximum absolute atomic E-state index is 13.1. The summed E-state index contributed by atoms with van der Waals surface area (Å²) in [5.41, 5.74) is 4.73. The molecule has 0 spiro atoms. The Morgan fingerprint density at radius 2 is 1.94 bits per heavy atom. The maximum Gasteiger partial charge on any atom is 0.268 e. The zero-order valence-corrected chi connectivity index (χ0v) is 19.2. The lowest BCUT2D eigenvalue weighted by atomic mass is 10.1. The molecule has 1 heterocycles. The van der Waals surface area contributed by atoms with Crippen molar-refractivity contribution in [2.45, 2.75) is 20.0 Å². The monoisotopic (exact) mass is 458 g/mol. The van der Waals surface area contributed by atoms with E-state index < -0.39 is 0 Å². The summed E-state index contributed by atoms with van der Waals surface area (Å²) in [6.07, 6.45) is 2.30. The van der Waals surface area contributed by atoms with E-state index in [2.05, 4.69) is 0 Å². The molecule has 5 nitrogen and oxygen atoms in total. The Kier molecular flexibility index (Phi) is 6.67. The molecule has 6 heteroatoms. The number of ether oxygens (including phenoxy) is 2. The van der Waals surface area contributed by atoms with Gasteiger partial charge in [0.05, 0.1) is 12.1 Å². The Morgan fingerprint density at radius 3 is 2.67 bits per heavy atom. The van der Waals surface area contributed by atoms with Gasteiger partial charge in [0.1, 0.15) is 18.2 Å². The first-order chi connectivity index (χ1) is 16.0. The number of halogens is 1. The molecule has 0 radical (unpaired) electrons. The fourth-order valence-corrected chi connectivity index (χ4v) is 4.08. The molecule has 0 atom stereocenters. The minimum atomic E-state index is -0.336. The molecule has 0 saturated heterocycles. The molecule has 0 N–H and O–H groups in total. The van der Waals surface area contributed by atoms with Gasteiger partial charge >= 0.3 is 0 Å². The average molecular weight is 459 g/mol. The highest BCUT2D eigenvalue weighted by molar-refractivity contribution is 6.32. The highest BCUT2D eigenvalue weighted by Crippen LogP contribution is 2.38. The Morgan fingerprint density at radius 1 is 1.18 bits per heavy atom. The summed E-state index contributed by atoms with van der Waals surface area (Å²) >= 11 is 6.49. The van der Waals surface area contributed by atoms with Crippen LogP contribution in [0, 0.1) is 18.3 Å². The van der Waals surface area contributed by atoms with E-state index in [1.165, 1.54) is 18.7 Å². The summed E-state index contributed by atoms with van der Waals surface area (Å²) < 4.78 is 11.4. The van der Waals surface area contributed by atoms with E-state index in [9.17, 15) is 10.1 Å². The molecule has 1 amide bonds. The summed E-state index contributed by atoms with van der Waals surface area (Å²) in [6, 6.07) is 21.2. The third-order valence-electron chi connectivity index (χ3n) is 5.55. The summed E-state index contributed by atoms with van der Waals surface area (Å²) in [4.78, 5) is 14.7. The summed E-state index contributed by atoms with van der Waals surface area (Å²) in [5.74, 6) is 0.504. The fourth-order valence-electron chi connectivity index (χ4n) is 3.81. The van der Waals surface area contributed by atoms with Crippen molar-refractivity contribution in [2.24, 2.45) is 0 Å². The molecule has 0 aromatic heterocycles. The Labute approximate surface area is 198 Å². The molecule has 3 aromatic carbocycles. The molecule has 3 aromatic rings. The number of aryl methyl sites for hydroxylation is 1. The Hall–Kier alpha value is -3.75. The van der Waals surface area contributed by atoms with Crippen molar-refractivity contribution in [2.75, 3.05) is 18.6 Å². The number of nitriles is 1. The number of carbonyl (C=O) groups is 1. The lowest BCUT2D eigenvalue weighted by Crippen LogP contribution is -2.29. The van der Waals surface area contributed by atoms with Gasteiger partial charge in [-0.05, 0) is 54.3 Å². The summed E-state index contributed by atoms with van der Waals surface area (Å²) in [7, 11) is 1.52. The van der Waals surface area contributed by atoms with Gasteiger partial charge in [-0.1, -0.05) is 59.6 Å². The molecule has 0 aliphatic carbocycles. The lowest BCUT2D eigenvalue weighted by molar-refractivity contribution is -0.114. The normalized spacial score (nSPS) is 12.8. The zero-order chi connectivity index (χ0) is 23.4. The van der Waals surface area contributed by atoms with Gasteiger partial charge < -0.3 is 14.4 Å². The second-order valence-electron chi connectivity index (χ2n) is 7.81. The molecule has 1 aliphatic heterocycles. The number of carbonyl (C=O) groups excluding carboxylic acids is 1. The molecule has 4 rings (SSSR count). The first kappa shape index (κ1) is 22.4. The largest absolute Gasteiger partial charge is 0.493 e. The van der Waals surface area contributed by atoms with Crippen LogP contribution in [0.25, 0.3) is 6.08 Å². The van der Waals surface area contributed by atoms with E-state index in [1.807, 2.05) is 61.5 Å². The van der Waals surface area contributed by atoms with Crippen LogP contribution in [0.4, 0.5) is 5.69 Å². The number of para-hydroxylation sites is 1. The van der Waals surface area contributed by atoms with Gasteiger partial charge in [-0.25, -0.2) is 0 Å². The highest BCUT2D eigenvalue weighted by Gasteiger charge is 2.26. The van der Waals surface area contributed by atoms with Crippen LogP contribution in [-0.2, 0) is 17.8 Å². The van der Waals surface area contributed by atoms with E-state index in [-0.39, 0.29) is 11.5 Å². The van der Waals surface area contributed by atoms with Crippen molar-refractivity contribution >= 4 is 29.3 Å². The fraction of sp³-hybridized carbons (Fsp3) is 0.185. The number of methoxy groups -OCH3 is 1. The number of nitrogens with zero attached hydrogens (tertiary/aromatic N) is 2. The molecule has 0 fully saturated rings. The zero-order valence-electron chi connectivity index (χ0n) is 18.5. The number of hydrogen-bond acceptors (Lipinski definition) is 4. The minimum Gasteiger partial charge on any atom is -0.493 e. The Bertz CT molecular complexity index is 1260. The maximum atomic E-state index is 13.1. The highest BCUT2D eigenvalue weighted by atomic mass is 35.5. The van der Waals surface area contributed by atoms with Gasteiger partial charge in [0.2, 0.25) is 0 Å². The average Bonchev–Trinajstić information content (AvgIpc) is 3.26. The number of fused-ring (bicyclic) bond motifs is 1. The third-order valence-corrected chi connectivity index (χ3v) is 5.83. The van der Waals surface area contributed by atoms with Crippen LogP contribution >= 0.6 is 11.6 Å². The van der Waals surface area contributed by atoms with E-state index in [4.69, 9.17) is 21.1 Å². The van der Waals surface area contributed by atoms with Crippen molar-refractivity contribution in [3.63, 3.8) is 0 Å². The standard InChI is InChI=1S/C27H23ClN2O3/c1-18-7-9-19(10-8-18)17-33-26-23(28)14-20(15-25(26)32-2)13-22(16-29)27(31)30-12-11-21-5-3-4-6-24(21)30/h3-10,13-15H,11-12,17H2,1-2H3. The van der Waals surface area contributed by atoms with Gasteiger partial charge in [0.15, 0.2) is 11.5 Å². The van der Waals surface area contributed by atoms with Crippen LogP contribution in [-0.4, -0.2) is 19.6 Å². The van der Waals surface area contributed by atoms with Crippen molar-refractivity contribution in [1.29, 1.82) is 5.26 Å². The second kappa shape index (κ2) is 9.81. The SMILES string of the molecule is COc1cc(C=C(C#N)C(=O)N2CCc3ccccc32)cc(Cl)c1OCc1ccc(C)cc1. The number of anilines is 1. The van der Waals surface area contributed by atoms with Crippen LogP contribution in [0.1, 0.15) is 22.3 Å². The van der Waals surface area contributed by atoms with Crippen LogP contribution in [0.5, 0.6) is 11.5 Å². The molecule has 0 unspecified atom stereocenters. The number of rotatable bonds is 6. The quantitative estimate of drug-likeness (QED) is 0.349. The number of hydrogen-bond donors (Lipinski definition) is 0. The smallest absolute Gasteiger partial charge is 0.268 e. The summed E-state index contributed by atoms with van der Waals surface area (Å²) in [5, 5.41) is 10.0.